The maximum atomic E-state index is 12.0. The third-order valence-electron chi connectivity index (χ3n) is 8.45. The van der Waals surface area contributed by atoms with Crippen LogP contribution in [0.3, 0.4) is 0 Å². The fraction of sp³-hybridized carbons (Fsp3) is 0.419. The smallest absolute Gasteiger partial charge is 0.231 e. The van der Waals surface area contributed by atoms with Gasteiger partial charge in [0.05, 0.1) is 46.2 Å². The van der Waals surface area contributed by atoms with Crippen LogP contribution in [-0.2, 0) is 9.47 Å². The van der Waals surface area contributed by atoms with E-state index in [4.69, 9.17) is 42.6 Å². The van der Waals surface area contributed by atoms with Crippen molar-refractivity contribution in [1.82, 2.24) is 0 Å². The van der Waals surface area contributed by atoms with E-state index in [1.807, 2.05) is 55.5 Å². The van der Waals surface area contributed by atoms with E-state index in [0.717, 1.165) is 11.1 Å². The zero-order valence-corrected chi connectivity index (χ0v) is 23.2. The van der Waals surface area contributed by atoms with Crippen molar-refractivity contribution < 1.29 is 47.7 Å². The van der Waals surface area contributed by atoms with E-state index < -0.39 is 17.8 Å². The minimum atomic E-state index is -1.32. The van der Waals surface area contributed by atoms with Gasteiger partial charge in [0.25, 0.3) is 0 Å². The van der Waals surface area contributed by atoms with Crippen LogP contribution >= 0.6 is 0 Å². The lowest BCUT2D eigenvalue weighted by Crippen LogP contribution is -2.39. The van der Waals surface area contributed by atoms with Crippen LogP contribution in [0.5, 0.6) is 40.2 Å². The van der Waals surface area contributed by atoms with Gasteiger partial charge in [0.1, 0.15) is 35.1 Å². The van der Waals surface area contributed by atoms with Crippen molar-refractivity contribution in [2.75, 3.05) is 41.3 Å². The van der Waals surface area contributed by atoms with E-state index in [1.54, 1.807) is 21.3 Å². The fourth-order valence-electron chi connectivity index (χ4n) is 6.40. The first-order chi connectivity index (χ1) is 19.9. The number of rotatable bonds is 6. The summed E-state index contributed by atoms with van der Waals surface area (Å²) in [4.78, 5) is 0. The van der Waals surface area contributed by atoms with Gasteiger partial charge in [0.15, 0.2) is 29.1 Å². The summed E-state index contributed by atoms with van der Waals surface area (Å²) in [6.07, 6.45) is -1.85. The van der Waals surface area contributed by atoms with Gasteiger partial charge in [-0.25, -0.2) is 0 Å². The molecule has 4 heterocycles. The molecule has 0 saturated carbocycles. The van der Waals surface area contributed by atoms with Gasteiger partial charge in [0.2, 0.25) is 6.79 Å². The SMILES string of the molecule is COc1cc2c(cc1[C@H]1OC[C@]3(O)[C@@H](c4c(OC)cccc4OC)OC[C@H]13)O[C@H](C)[C@@H](c1ccc3c(c1)OCO3)O2. The molecule has 10 nitrogen and oxygen atoms in total. The molecule has 0 aromatic heterocycles. The van der Waals surface area contributed by atoms with Crippen molar-refractivity contribution in [1.29, 1.82) is 0 Å². The summed E-state index contributed by atoms with van der Waals surface area (Å²) >= 11 is 0. The molecule has 0 amide bonds. The molecule has 4 aliphatic heterocycles. The summed E-state index contributed by atoms with van der Waals surface area (Å²) < 4.78 is 53.3. The van der Waals surface area contributed by atoms with Gasteiger partial charge < -0.3 is 47.7 Å². The lowest BCUT2D eigenvalue weighted by atomic mass is 9.80. The van der Waals surface area contributed by atoms with Crippen LogP contribution in [0.2, 0.25) is 0 Å². The number of hydrogen-bond donors (Lipinski definition) is 1. The second-order valence-corrected chi connectivity index (χ2v) is 10.6. The highest BCUT2D eigenvalue weighted by Gasteiger charge is 2.61. The molecular formula is C31H32O10. The van der Waals surface area contributed by atoms with Gasteiger partial charge in [0, 0.05) is 23.1 Å². The molecule has 216 valence electrons. The maximum absolute atomic E-state index is 12.0. The molecule has 0 unspecified atom stereocenters. The van der Waals surface area contributed by atoms with Gasteiger partial charge in [-0.15, -0.1) is 0 Å². The Bertz CT molecular complexity index is 1450. The van der Waals surface area contributed by atoms with Crippen LogP contribution in [0, 0.1) is 5.92 Å². The molecule has 0 bridgehead atoms. The number of methoxy groups -OCH3 is 3. The van der Waals surface area contributed by atoms with Gasteiger partial charge in [-0.05, 0) is 37.3 Å². The van der Waals surface area contributed by atoms with Gasteiger partial charge in [-0.3, -0.25) is 0 Å². The topological polar surface area (TPSA) is 103 Å². The first-order valence-electron chi connectivity index (χ1n) is 13.6. The molecule has 6 atom stereocenters. The first-order valence-corrected chi connectivity index (χ1v) is 13.6. The Morgan fingerprint density at radius 1 is 0.780 bits per heavy atom. The van der Waals surface area contributed by atoms with Crippen molar-refractivity contribution in [3.63, 3.8) is 0 Å². The van der Waals surface area contributed by atoms with E-state index in [-0.39, 0.29) is 38.1 Å². The second kappa shape index (κ2) is 9.90. The van der Waals surface area contributed by atoms with E-state index in [9.17, 15) is 5.11 Å². The maximum Gasteiger partial charge on any atom is 0.231 e. The van der Waals surface area contributed by atoms with Crippen molar-refractivity contribution in [3.8, 4) is 40.2 Å². The van der Waals surface area contributed by atoms with Crippen LogP contribution in [-0.4, -0.2) is 58.1 Å². The molecule has 0 spiro atoms. The van der Waals surface area contributed by atoms with E-state index in [0.29, 0.717) is 45.8 Å². The molecule has 3 aromatic rings. The highest BCUT2D eigenvalue weighted by atomic mass is 16.7. The lowest BCUT2D eigenvalue weighted by molar-refractivity contribution is -0.0643. The molecule has 2 fully saturated rings. The number of ether oxygens (including phenoxy) is 9. The quantitative estimate of drug-likeness (QED) is 0.459. The number of hydrogen-bond acceptors (Lipinski definition) is 10. The molecule has 10 heteroatoms. The minimum Gasteiger partial charge on any atom is -0.496 e. The minimum absolute atomic E-state index is 0.0639. The van der Waals surface area contributed by atoms with Crippen LogP contribution in [0.15, 0.2) is 48.5 Å². The van der Waals surface area contributed by atoms with Gasteiger partial charge >= 0.3 is 0 Å². The summed E-state index contributed by atoms with van der Waals surface area (Å²) in [7, 11) is 4.77. The number of aliphatic hydroxyl groups is 1. The molecular weight excluding hydrogens is 532 g/mol. The standard InChI is InChI=1S/C31H32O10/c1-16-28(17-8-9-20-24(10-17)39-15-38-20)41-26-12-23(35-4)18(11-25(26)40-16)29-19-13-36-30(31(19,32)14-37-29)27-21(33-2)6-5-7-22(27)34-3/h5-12,16,19,28-30,32H,13-15H2,1-4H3/t16-,19-,28+,29-,30-,31-/m1/s1. The van der Waals surface area contributed by atoms with E-state index >= 15 is 0 Å². The first kappa shape index (κ1) is 26.1. The summed E-state index contributed by atoms with van der Waals surface area (Å²) in [6.45, 7) is 2.50. The second-order valence-electron chi connectivity index (χ2n) is 10.6. The van der Waals surface area contributed by atoms with Crippen LogP contribution in [0.1, 0.15) is 41.9 Å². The zero-order chi connectivity index (χ0) is 28.3. The average molecular weight is 565 g/mol. The van der Waals surface area contributed by atoms with Crippen LogP contribution in [0.25, 0.3) is 0 Å². The Labute approximate surface area is 237 Å². The summed E-state index contributed by atoms with van der Waals surface area (Å²) in [5.74, 6) is 3.88. The molecule has 7 rings (SSSR count). The molecule has 0 aliphatic carbocycles. The molecule has 41 heavy (non-hydrogen) atoms. The predicted octanol–water partition coefficient (Wildman–Crippen LogP) is 4.53. The van der Waals surface area contributed by atoms with Gasteiger partial charge in [-0.2, -0.15) is 0 Å². The van der Waals surface area contributed by atoms with Gasteiger partial charge in [-0.1, -0.05) is 12.1 Å². The normalized spacial score (nSPS) is 29.2. The third kappa shape index (κ3) is 4.04. The highest BCUT2D eigenvalue weighted by Crippen LogP contribution is 2.58. The Morgan fingerprint density at radius 2 is 1.51 bits per heavy atom. The number of fused-ring (bicyclic) bond motifs is 3. The largest absolute Gasteiger partial charge is 0.496 e. The Morgan fingerprint density at radius 3 is 2.27 bits per heavy atom. The fourth-order valence-corrected chi connectivity index (χ4v) is 6.40. The molecule has 3 aromatic carbocycles. The monoisotopic (exact) mass is 564 g/mol. The number of benzene rings is 3. The predicted molar refractivity (Wildman–Crippen MR) is 144 cm³/mol. The molecule has 0 radical (unpaired) electrons. The lowest BCUT2D eigenvalue weighted by Gasteiger charge is -2.33. The van der Waals surface area contributed by atoms with E-state index in [2.05, 4.69) is 0 Å². The summed E-state index contributed by atoms with van der Waals surface area (Å²) in [6, 6.07) is 14.9. The summed E-state index contributed by atoms with van der Waals surface area (Å²) in [5, 5.41) is 12.0. The summed E-state index contributed by atoms with van der Waals surface area (Å²) in [5.41, 5.74) is 1.01. The Kier molecular flexibility index (Phi) is 6.29. The Hall–Kier alpha value is -3.86. The average Bonchev–Trinajstić information content (AvgIpc) is 3.68. The molecule has 1 N–H and O–H groups in total. The van der Waals surface area contributed by atoms with Crippen molar-refractivity contribution in [2.45, 2.75) is 36.9 Å². The van der Waals surface area contributed by atoms with Crippen molar-refractivity contribution in [3.05, 3.63) is 65.2 Å². The molecule has 4 aliphatic rings. The zero-order valence-electron chi connectivity index (χ0n) is 23.2. The third-order valence-corrected chi connectivity index (χ3v) is 8.45. The van der Waals surface area contributed by atoms with Crippen LogP contribution < -0.4 is 33.2 Å². The van der Waals surface area contributed by atoms with Crippen LogP contribution in [0.4, 0.5) is 0 Å². The Balaban J connectivity index is 1.19. The van der Waals surface area contributed by atoms with Crippen molar-refractivity contribution in [2.24, 2.45) is 5.92 Å². The van der Waals surface area contributed by atoms with Crippen molar-refractivity contribution >= 4 is 0 Å². The van der Waals surface area contributed by atoms with E-state index in [1.165, 1.54) is 0 Å². The molecule has 2 saturated heterocycles. The highest BCUT2D eigenvalue weighted by molar-refractivity contribution is 5.55.